The van der Waals surface area contributed by atoms with E-state index in [0.29, 0.717) is 23.3 Å². The normalized spacial score (nSPS) is 10.9. The number of nitrogens with zero attached hydrogens (tertiary/aromatic N) is 5. The Bertz CT molecular complexity index is 842. The van der Waals surface area contributed by atoms with Crippen molar-refractivity contribution in [3.05, 3.63) is 39.6 Å². The molecule has 0 N–H and O–H groups in total. The number of fused-ring (bicyclic) bond motifs is 1. The van der Waals surface area contributed by atoms with E-state index in [-0.39, 0.29) is 0 Å². The van der Waals surface area contributed by atoms with Crippen molar-refractivity contribution >= 4 is 33.2 Å². The number of thiophene rings is 1. The first-order chi connectivity index (χ1) is 9.60. The molecule has 0 unspecified atom stereocenters. The average Bonchev–Trinajstić information content (AvgIpc) is 2.95. The van der Waals surface area contributed by atoms with Crippen LogP contribution < -0.4 is 0 Å². The van der Waals surface area contributed by atoms with E-state index in [1.165, 1.54) is 4.88 Å². The Hall–Kier alpha value is -1.97. The van der Waals surface area contributed by atoms with Crippen LogP contribution in [0.15, 0.2) is 12.4 Å². The number of hydrogen-bond acceptors (Lipinski definition) is 5. The fourth-order valence-corrected chi connectivity index (χ4v) is 3.45. The van der Waals surface area contributed by atoms with Crippen LogP contribution in [0.4, 0.5) is 0 Å². The highest BCUT2D eigenvalue weighted by molar-refractivity contribution is 7.18. The van der Waals surface area contributed by atoms with E-state index < -0.39 is 0 Å². The number of aryl methyl sites for hydroxylation is 2. The molecule has 3 rings (SSSR count). The Morgan fingerprint density at radius 2 is 2.20 bits per heavy atom. The van der Waals surface area contributed by atoms with Gasteiger partial charge in [-0.25, -0.2) is 15.0 Å². The maximum atomic E-state index is 8.95. The van der Waals surface area contributed by atoms with E-state index in [1.807, 2.05) is 19.9 Å². The molecule has 3 aromatic rings. The number of halogens is 1. The van der Waals surface area contributed by atoms with Crippen molar-refractivity contribution in [2.45, 2.75) is 20.4 Å². The summed E-state index contributed by atoms with van der Waals surface area (Å²) in [6.45, 7) is 4.45. The number of aromatic nitrogens is 4. The van der Waals surface area contributed by atoms with Gasteiger partial charge in [-0.1, -0.05) is 11.6 Å². The van der Waals surface area contributed by atoms with Crippen LogP contribution >= 0.6 is 22.9 Å². The van der Waals surface area contributed by atoms with Gasteiger partial charge in [-0.3, -0.25) is 0 Å². The van der Waals surface area contributed by atoms with Crippen LogP contribution in [0.2, 0.25) is 5.15 Å². The average molecular weight is 304 g/mol. The zero-order valence-electron chi connectivity index (χ0n) is 10.9. The second kappa shape index (κ2) is 4.85. The Balaban J connectivity index is 2.08. The van der Waals surface area contributed by atoms with Crippen molar-refractivity contribution in [1.82, 2.24) is 19.5 Å². The lowest BCUT2D eigenvalue weighted by Crippen LogP contribution is -2.05. The van der Waals surface area contributed by atoms with E-state index in [4.69, 9.17) is 16.9 Å². The van der Waals surface area contributed by atoms with Gasteiger partial charge in [-0.05, 0) is 19.4 Å². The van der Waals surface area contributed by atoms with E-state index in [0.717, 1.165) is 15.8 Å². The van der Waals surface area contributed by atoms with Crippen LogP contribution in [0.25, 0.3) is 10.2 Å². The molecule has 3 heterocycles. The predicted octanol–water partition coefficient (Wildman–Crippen LogP) is 3.08. The molecule has 100 valence electrons. The van der Waals surface area contributed by atoms with Gasteiger partial charge < -0.3 is 4.57 Å². The standard InChI is InChI=1S/C13H10ClN5S/c1-7-8(2)20-13-11(7)12(14)17-9(18-13)6-19-4-3-16-10(19)5-15/h3-4H,6H2,1-2H3. The monoisotopic (exact) mass is 303 g/mol. The van der Waals surface area contributed by atoms with Gasteiger partial charge >= 0.3 is 0 Å². The number of nitriles is 1. The lowest BCUT2D eigenvalue weighted by Gasteiger charge is -2.04. The zero-order chi connectivity index (χ0) is 14.3. The molecule has 20 heavy (non-hydrogen) atoms. The van der Waals surface area contributed by atoms with Crippen LogP contribution in [0, 0.1) is 25.2 Å². The molecule has 0 aliphatic carbocycles. The molecule has 7 heteroatoms. The van der Waals surface area contributed by atoms with Crippen molar-refractivity contribution in [1.29, 1.82) is 5.26 Å². The van der Waals surface area contributed by atoms with Gasteiger partial charge in [0.1, 0.15) is 16.1 Å². The molecular formula is C13H10ClN5S. The molecule has 0 aliphatic rings. The van der Waals surface area contributed by atoms with Crippen LogP contribution in [-0.4, -0.2) is 19.5 Å². The molecule has 3 aromatic heterocycles. The van der Waals surface area contributed by atoms with Gasteiger partial charge in [0.25, 0.3) is 0 Å². The Morgan fingerprint density at radius 1 is 1.40 bits per heavy atom. The van der Waals surface area contributed by atoms with Gasteiger partial charge in [-0.15, -0.1) is 11.3 Å². The second-order valence-electron chi connectivity index (χ2n) is 4.38. The van der Waals surface area contributed by atoms with Crippen molar-refractivity contribution in [3.8, 4) is 6.07 Å². The van der Waals surface area contributed by atoms with Crippen molar-refractivity contribution in [3.63, 3.8) is 0 Å². The minimum absolute atomic E-state index is 0.336. The first-order valence-electron chi connectivity index (χ1n) is 5.93. The summed E-state index contributed by atoms with van der Waals surface area (Å²) in [6, 6.07) is 2.03. The van der Waals surface area contributed by atoms with Crippen LogP contribution in [0.1, 0.15) is 22.1 Å². The summed E-state index contributed by atoms with van der Waals surface area (Å²) in [5, 5.41) is 10.3. The van der Waals surface area contributed by atoms with Gasteiger partial charge in [0.2, 0.25) is 5.82 Å². The zero-order valence-corrected chi connectivity index (χ0v) is 12.5. The number of rotatable bonds is 2. The second-order valence-corrected chi connectivity index (χ2v) is 5.95. The molecule has 0 fully saturated rings. The molecule has 5 nitrogen and oxygen atoms in total. The van der Waals surface area contributed by atoms with E-state index in [1.54, 1.807) is 28.3 Å². The minimum atomic E-state index is 0.336. The summed E-state index contributed by atoms with van der Waals surface area (Å²) in [5.74, 6) is 0.918. The summed E-state index contributed by atoms with van der Waals surface area (Å²) in [4.78, 5) is 14.9. The predicted molar refractivity (Wildman–Crippen MR) is 77.9 cm³/mol. The third-order valence-electron chi connectivity index (χ3n) is 3.16. The van der Waals surface area contributed by atoms with E-state index in [9.17, 15) is 0 Å². The van der Waals surface area contributed by atoms with Crippen LogP contribution in [-0.2, 0) is 6.54 Å². The molecule has 0 bridgehead atoms. The number of hydrogen-bond donors (Lipinski definition) is 0. The molecule has 0 aromatic carbocycles. The highest BCUT2D eigenvalue weighted by Gasteiger charge is 2.14. The quantitative estimate of drug-likeness (QED) is 0.682. The van der Waals surface area contributed by atoms with Crippen LogP contribution in [0.5, 0.6) is 0 Å². The maximum Gasteiger partial charge on any atom is 0.213 e. The maximum absolute atomic E-state index is 8.95. The van der Waals surface area contributed by atoms with Crippen molar-refractivity contribution < 1.29 is 0 Å². The Labute approximate surface area is 124 Å². The summed E-state index contributed by atoms with van der Waals surface area (Å²) in [7, 11) is 0. The Morgan fingerprint density at radius 3 is 2.95 bits per heavy atom. The molecule has 0 spiro atoms. The van der Waals surface area contributed by atoms with Crippen molar-refractivity contribution in [2.75, 3.05) is 0 Å². The highest BCUT2D eigenvalue weighted by atomic mass is 35.5. The third-order valence-corrected chi connectivity index (χ3v) is 4.53. The van der Waals surface area contributed by atoms with Crippen LogP contribution in [0.3, 0.4) is 0 Å². The SMILES string of the molecule is Cc1sc2nc(Cn3ccnc3C#N)nc(Cl)c2c1C. The molecule has 0 aliphatic heterocycles. The molecular weight excluding hydrogens is 294 g/mol. The van der Waals surface area contributed by atoms with Gasteiger partial charge in [0.15, 0.2) is 5.82 Å². The lowest BCUT2D eigenvalue weighted by atomic mass is 10.2. The lowest BCUT2D eigenvalue weighted by molar-refractivity contribution is 0.738. The minimum Gasteiger partial charge on any atom is -0.315 e. The van der Waals surface area contributed by atoms with Gasteiger partial charge in [-0.2, -0.15) is 5.26 Å². The number of imidazole rings is 1. The summed E-state index contributed by atoms with van der Waals surface area (Å²) >= 11 is 7.86. The van der Waals surface area contributed by atoms with Gasteiger partial charge in [0, 0.05) is 17.3 Å². The summed E-state index contributed by atoms with van der Waals surface area (Å²) < 4.78 is 1.70. The molecule has 0 atom stereocenters. The van der Waals surface area contributed by atoms with Gasteiger partial charge in [0.05, 0.1) is 11.9 Å². The third kappa shape index (κ3) is 2.05. The van der Waals surface area contributed by atoms with E-state index >= 15 is 0 Å². The summed E-state index contributed by atoms with van der Waals surface area (Å²) in [5.41, 5.74) is 1.13. The molecule has 0 radical (unpaired) electrons. The molecule has 0 amide bonds. The fraction of sp³-hybridized carbons (Fsp3) is 0.231. The molecule has 0 saturated heterocycles. The summed E-state index contributed by atoms with van der Waals surface area (Å²) in [6.07, 6.45) is 3.31. The molecule has 0 saturated carbocycles. The largest absolute Gasteiger partial charge is 0.315 e. The fourth-order valence-electron chi connectivity index (χ4n) is 2.02. The first-order valence-corrected chi connectivity index (χ1v) is 7.13. The van der Waals surface area contributed by atoms with Crippen molar-refractivity contribution in [2.24, 2.45) is 0 Å². The Kier molecular flexibility index (Phi) is 3.16. The smallest absolute Gasteiger partial charge is 0.213 e. The first kappa shape index (κ1) is 13.0. The highest BCUT2D eigenvalue weighted by Crippen LogP contribution is 2.32. The topological polar surface area (TPSA) is 67.4 Å². The van der Waals surface area contributed by atoms with E-state index in [2.05, 4.69) is 15.0 Å².